The maximum atomic E-state index is 14.5. The summed E-state index contributed by atoms with van der Waals surface area (Å²) in [5.41, 5.74) is 2.01. The Morgan fingerprint density at radius 2 is 1.15 bits per heavy atom. The first kappa shape index (κ1) is 43.6. The fourth-order valence-electron chi connectivity index (χ4n) is 7.67. The van der Waals surface area contributed by atoms with Crippen LogP contribution in [0.25, 0.3) is 33.6 Å². The molecule has 6 rings (SSSR count). The van der Waals surface area contributed by atoms with E-state index in [1.807, 2.05) is 24.3 Å². The molecule has 4 aromatic rings. The van der Waals surface area contributed by atoms with E-state index in [0.717, 1.165) is 35.9 Å². The first-order valence-corrected chi connectivity index (χ1v) is 19.5. The third-order valence-corrected chi connectivity index (χ3v) is 11.1. The van der Waals surface area contributed by atoms with Crippen molar-refractivity contribution in [1.82, 2.24) is 40.4 Å². The van der Waals surface area contributed by atoms with Crippen LogP contribution in [0, 0.1) is 0 Å². The predicted molar refractivity (Wildman–Crippen MR) is 211 cm³/mol. The van der Waals surface area contributed by atoms with Gasteiger partial charge in [-0.25, -0.2) is 19.6 Å². The summed E-state index contributed by atoms with van der Waals surface area (Å²) in [6.07, 6.45) is -3.72. The number of rotatable bonds is 13. The Morgan fingerprint density at radius 1 is 0.700 bits per heavy atom. The number of ether oxygens (including phenoxy) is 4. The van der Waals surface area contributed by atoms with Gasteiger partial charge in [0.05, 0.1) is 50.4 Å². The molecule has 4 heterocycles. The van der Waals surface area contributed by atoms with Crippen molar-refractivity contribution in [3.05, 3.63) is 72.1 Å². The molecule has 4 amide bonds. The molecule has 2 aliphatic rings. The number of hydrogen-bond donors (Lipinski definition) is 4. The number of hydrogen-bond acceptors (Lipinski definition) is 10. The monoisotopic (exact) mass is 838 g/mol. The number of halogens is 3. The Kier molecular flexibility index (Phi) is 13.5. The number of aromatic amines is 2. The van der Waals surface area contributed by atoms with E-state index < -0.39 is 60.3 Å². The molecule has 0 radical (unpaired) electrons. The number of amides is 4. The standard InChI is InChI=1S/C41H49F3N8O8/c1-22(57-3)31(48-39(55)59-5)37(53)51-19-7-9-29(51)35-45-21-28(46-35)26-15-11-24(12-16-26)25-13-17-27(18-14-25)33-34(41(42,43)44)50-36(47-33)30-10-8-20-52(30)38(54)32(23(2)58-4)49-40(56)60-6/h11-18,21-23,29-32H,7-10,19-20H2,1-6H3,(H,45,46)(H,47,50)(H,48,55)(H,49,56)/t22?,23?,29-,30-,31-,32-/m0/s1. The number of nitrogens with one attached hydrogen (secondary N) is 4. The molecule has 0 aliphatic carbocycles. The van der Waals surface area contributed by atoms with Crippen LogP contribution in [0.4, 0.5) is 22.8 Å². The van der Waals surface area contributed by atoms with Gasteiger partial charge in [-0.1, -0.05) is 48.5 Å². The van der Waals surface area contributed by atoms with E-state index in [9.17, 15) is 32.3 Å². The van der Waals surface area contributed by atoms with Gasteiger partial charge in [0.25, 0.3) is 0 Å². The van der Waals surface area contributed by atoms with Crippen LogP contribution in [0.2, 0.25) is 0 Å². The van der Waals surface area contributed by atoms with Crippen molar-refractivity contribution < 1.29 is 51.3 Å². The Hall–Kier alpha value is -5.95. The molecule has 0 saturated carbocycles. The molecule has 16 nitrogen and oxygen atoms in total. The minimum absolute atomic E-state index is 0.0145. The zero-order chi connectivity index (χ0) is 43.3. The first-order chi connectivity index (χ1) is 28.7. The van der Waals surface area contributed by atoms with Crippen LogP contribution in [0.3, 0.4) is 0 Å². The Labute approximate surface area is 344 Å². The van der Waals surface area contributed by atoms with E-state index >= 15 is 0 Å². The highest BCUT2D eigenvalue weighted by molar-refractivity contribution is 5.87. The highest BCUT2D eigenvalue weighted by Gasteiger charge is 2.43. The van der Waals surface area contributed by atoms with Crippen molar-refractivity contribution in [2.45, 2.75) is 82.1 Å². The molecule has 19 heteroatoms. The van der Waals surface area contributed by atoms with Gasteiger partial charge in [-0.2, -0.15) is 13.2 Å². The van der Waals surface area contributed by atoms with Gasteiger partial charge >= 0.3 is 18.4 Å². The first-order valence-electron chi connectivity index (χ1n) is 19.5. The van der Waals surface area contributed by atoms with Gasteiger partial charge in [0, 0.05) is 32.9 Å². The molecule has 2 aromatic carbocycles. The number of alkyl carbamates (subject to hydrolysis) is 2. The summed E-state index contributed by atoms with van der Waals surface area (Å²) in [5, 5.41) is 5.05. The van der Waals surface area contributed by atoms with Crippen LogP contribution in [0.1, 0.15) is 69.0 Å². The molecule has 2 aromatic heterocycles. The summed E-state index contributed by atoms with van der Waals surface area (Å²) in [7, 11) is 5.22. The Morgan fingerprint density at radius 3 is 1.60 bits per heavy atom. The molecule has 60 heavy (non-hydrogen) atoms. The molecule has 6 atom stereocenters. The summed E-state index contributed by atoms with van der Waals surface area (Å²) < 4.78 is 63.5. The summed E-state index contributed by atoms with van der Waals surface area (Å²) in [5.74, 6) is -0.251. The van der Waals surface area contributed by atoms with Crippen molar-refractivity contribution in [1.29, 1.82) is 0 Å². The Bertz CT molecular complexity index is 2140. The number of alkyl halides is 3. The van der Waals surface area contributed by atoms with E-state index in [-0.39, 0.29) is 35.6 Å². The number of imidazole rings is 2. The van der Waals surface area contributed by atoms with Crippen LogP contribution in [0.15, 0.2) is 54.7 Å². The van der Waals surface area contributed by atoms with Gasteiger partial charge in [0.2, 0.25) is 11.8 Å². The second-order valence-corrected chi connectivity index (χ2v) is 14.7. The largest absolute Gasteiger partial charge is 0.453 e. The van der Waals surface area contributed by atoms with Crippen molar-refractivity contribution in [2.24, 2.45) is 0 Å². The third kappa shape index (κ3) is 9.26. The molecule has 2 aliphatic heterocycles. The molecule has 4 N–H and O–H groups in total. The molecule has 2 unspecified atom stereocenters. The lowest BCUT2D eigenvalue weighted by atomic mass is 10.0. The zero-order valence-corrected chi connectivity index (χ0v) is 34.1. The lowest BCUT2D eigenvalue weighted by Crippen LogP contribution is -2.54. The van der Waals surface area contributed by atoms with Gasteiger partial charge in [-0.05, 0) is 56.2 Å². The third-order valence-electron chi connectivity index (χ3n) is 11.1. The van der Waals surface area contributed by atoms with Gasteiger partial charge in [-0.15, -0.1) is 0 Å². The maximum absolute atomic E-state index is 14.5. The average molecular weight is 839 g/mol. The fraction of sp³-hybridized carbons (Fsp3) is 0.463. The van der Waals surface area contributed by atoms with Crippen molar-refractivity contribution >= 4 is 24.0 Å². The highest BCUT2D eigenvalue weighted by atomic mass is 19.4. The number of H-pyrrole nitrogens is 2. The lowest BCUT2D eigenvalue weighted by molar-refractivity contribution is -0.140. The summed E-state index contributed by atoms with van der Waals surface area (Å²) in [4.78, 5) is 69.2. The van der Waals surface area contributed by atoms with Crippen LogP contribution in [-0.2, 0) is 34.7 Å². The zero-order valence-electron chi connectivity index (χ0n) is 34.1. The quantitative estimate of drug-likeness (QED) is 0.124. The van der Waals surface area contributed by atoms with E-state index in [4.69, 9.17) is 14.2 Å². The normalized spacial score (nSPS) is 18.8. The number of carbonyl (C=O) groups is 4. The molecule has 0 bridgehead atoms. The SMILES string of the molecule is COC(=O)N[C@H](C(=O)N1CCC[C@H]1c1ncc(-c2ccc(-c3ccc(-c4nc([C@@H]5CCCN5C(=O)[C@@H](NC(=O)OC)C(C)OC)[nH]c4C(F)(F)F)cc3)cc2)[nH]1)C(C)OC. The maximum Gasteiger partial charge on any atom is 0.433 e. The Balaban J connectivity index is 1.18. The van der Waals surface area contributed by atoms with Gasteiger partial charge in [0.15, 0.2) is 0 Å². The minimum Gasteiger partial charge on any atom is -0.453 e. The highest BCUT2D eigenvalue weighted by Crippen LogP contribution is 2.40. The topological polar surface area (TPSA) is 193 Å². The van der Waals surface area contributed by atoms with Crippen LogP contribution in [-0.4, -0.2) is 120 Å². The number of benzene rings is 2. The number of aromatic nitrogens is 4. The molecular weight excluding hydrogens is 789 g/mol. The van der Waals surface area contributed by atoms with Gasteiger partial charge in [-0.3, -0.25) is 9.59 Å². The summed E-state index contributed by atoms with van der Waals surface area (Å²) in [6, 6.07) is 10.9. The van der Waals surface area contributed by atoms with E-state index in [1.165, 1.54) is 26.2 Å². The van der Waals surface area contributed by atoms with Crippen molar-refractivity contribution in [2.75, 3.05) is 41.5 Å². The van der Waals surface area contributed by atoms with Crippen LogP contribution >= 0.6 is 0 Å². The van der Waals surface area contributed by atoms with Gasteiger partial charge < -0.3 is 49.3 Å². The number of carbonyl (C=O) groups excluding carboxylic acids is 4. The number of nitrogens with zero attached hydrogens (tertiary/aromatic N) is 4. The molecule has 2 fully saturated rings. The molecule has 0 spiro atoms. The van der Waals surface area contributed by atoms with E-state index in [2.05, 4.69) is 35.3 Å². The van der Waals surface area contributed by atoms with Gasteiger partial charge in [0.1, 0.15) is 35.1 Å². The molecule has 2 saturated heterocycles. The number of likely N-dealkylation sites (tertiary alicyclic amines) is 2. The number of methoxy groups -OCH3 is 4. The minimum atomic E-state index is -4.77. The molecule has 322 valence electrons. The lowest BCUT2D eigenvalue weighted by Gasteiger charge is -2.30. The second kappa shape index (κ2) is 18.5. The van der Waals surface area contributed by atoms with E-state index in [0.29, 0.717) is 31.6 Å². The van der Waals surface area contributed by atoms with Crippen molar-refractivity contribution in [3.63, 3.8) is 0 Å². The summed E-state index contributed by atoms with van der Waals surface area (Å²) in [6.45, 7) is 4.01. The van der Waals surface area contributed by atoms with Crippen LogP contribution in [0.5, 0.6) is 0 Å². The average Bonchev–Trinajstić information content (AvgIpc) is 4.10. The van der Waals surface area contributed by atoms with Crippen LogP contribution < -0.4 is 10.6 Å². The smallest absolute Gasteiger partial charge is 0.433 e. The molecular formula is C41H49F3N8O8. The van der Waals surface area contributed by atoms with E-state index in [1.54, 1.807) is 49.2 Å². The fourth-order valence-corrected chi connectivity index (χ4v) is 7.67. The second-order valence-electron chi connectivity index (χ2n) is 14.7. The predicted octanol–water partition coefficient (Wildman–Crippen LogP) is 6.00. The van der Waals surface area contributed by atoms with Crippen molar-refractivity contribution in [3.8, 4) is 33.6 Å². The summed E-state index contributed by atoms with van der Waals surface area (Å²) >= 11 is 0.